The lowest BCUT2D eigenvalue weighted by molar-refractivity contribution is -0.119. The molecule has 0 aromatic heterocycles. The maximum Gasteiger partial charge on any atom is 0.264 e. The number of ether oxygens (including phenoxy) is 1. The summed E-state index contributed by atoms with van der Waals surface area (Å²) in [7, 11) is -2.60. The first-order chi connectivity index (χ1) is 16.1. The lowest BCUT2D eigenvalue weighted by Crippen LogP contribution is -2.40. The molecule has 0 saturated heterocycles. The van der Waals surface area contributed by atoms with E-state index in [2.05, 4.69) is 10.5 Å². The van der Waals surface area contributed by atoms with Gasteiger partial charge in [0.2, 0.25) is 0 Å². The highest BCUT2D eigenvalue weighted by atomic mass is 32.2. The van der Waals surface area contributed by atoms with Gasteiger partial charge in [-0.3, -0.25) is 9.10 Å². The molecule has 0 aliphatic rings. The van der Waals surface area contributed by atoms with Crippen LogP contribution in [0, 0.1) is 20.8 Å². The molecule has 0 fully saturated rings. The smallest absolute Gasteiger partial charge is 0.264 e. The topological polar surface area (TPSA) is 108 Å². The van der Waals surface area contributed by atoms with Gasteiger partial charge in [-0.05, 0) is 73.9 Å². The van der Waals surface area contributed by atoms with Crippen molar-refractivity contribution in [3.8, 4) is 11.5 Å². The Morgan fingerprint density at radius 3 is 2.38 bits per heavy atom. The number of nitrogens with zero attached hydrogens (tertiary/aromatic N) is 2. The summed E-state index contributed by atoms with van der Waals surface area (Å²) in [5, 5.41) is 13.6. The van der Waals surface area contributed by atoms with E-state index in [-0.39, 0.29) is 16.4 Å². The van der Waals surface area contributed by atoms with Gasteiger partial charge in [0.05, 0.1) is 23.9 Å². The van der Waals surface area contributed by atoms with Crippen molar-refractivity contribution >= 4 is 27.8 Å². The van der Waals surface area contributed by atoms with Crippen molar-refractivity contribution in [3.05, 3.63) is 82.9 Å². The molecule has 3 rings (SSSR count). The van der Waals surface area contributed by atoms with Gasteiger partial charge in [0.25, 0.3) is 15.9 Å². The van der Waals surface area contributed by atoms with E-state index in [0.717, 1.165) is 15.4 Å². The lowest BCUT2D eigenvalue weighted by atomic mass is 10.1. The zero-order valence-electron chi connectivity index (χ0n) is 19.4. The van der Waals surface area contributed by atoms with Crippen LogP contribution in [0.2, 0.25) is 0 Å². The molecule has 0 bridgehead atoms. The van der Waals surface area contributed by atoms with Crippen molar-refractivity contribution in [2.75, 3.05) is 18.0 Å². The minimum atomic E-state index is -4.02. The number of aromatic hydroxyl groups is 1. The van der Waals surface area contributed by atoms with E-state index >= 15 is 0 Å². The number of benzene rings is 3. The van der Waals surface area contributed by atoms with Gasteiger partial charge in [-0.25, -0.2) is 13.8 Å². The molecule has 1 amide bonds. The third-order valence-electron chi connectivity index (χ3n) is 5.14. The Hall–Kier alpha value is -3.85. The van der Waals surface area contributed by atoms with Crippen LogP contribution in [0.1, 0.15) is 22.3 Å². The van der Waals surface area contributed by atoms with Crippen molar-refractivity contribution in [2.45, 2.75) is 25.7 Å². The number of phenolic OH excluding ortho intramolecular Hbond substituents is 1. The molecule has 178 valence electrons. The molecule has 3 aromatic rings. The summed E-state index contributed by atoms with van der Waals surface area (Å²) in [5.41, 5.74) is 5.88. The highest BCUT2D eigenvalue weighted by Gasteiger charge is 2.28. The number of sulfonamides is 1. The Morgan fingerprint density at radius 1 is 1.03 bits per heavy atom. The van der Waals surface area contributed by atoms with E-state index in [1.807, 2.05) is 26.0 Å². The van der Waals surface area contributed by atoms with Crippen LogP contribution in [-0.2, 0) is 14.8 Å². The van der Waals surface area contributed by atoms with E-state index in [4.69, 9.17) is 4.74 Å². The molecular weight excluding hydrogens is 454 g/mol. The van der Waals surface area contributed by atoms with Crippen LogP contribution in [-0.4, -0.2) is 39.3 Å². The monoisotopic (exact) mass is 481 g/mol. The second-order valence-electron chi connectivity index (χ2n) is 7.84. The fourth-order valence-corrected chi connectivity index (χ4v) is 4.72. The van der Waals surface area contributed by atoms with Crippen molar-refractivity contribution in [1.29, 1.82) is 0 Å². The van der Waals surface area contributed by atoms with Gasteiger partial charge in [-0.15, -0.1) is 0 Å². The van der Waals surface area contributed by atoms with Gasteiger partial charge in [-0.2, -0.15) is 5.10 Å². The molecule has 9 heteroatoms. The minimum Gasteiger partial charge on any atom is -0.504 e. The Morgan fingerprint density at radius 2 is 1.71 bits per heavy atom. The number of nitrogens with one attached hydrogen (secondary N) is 1. The van der Waals surface area contributed by atoms with Gasteiger partial charge in [0.15, 0.2) is 11.5 Å². The van der Waals surface area contributed by atoms with Crippen molar-refractivity contribution in [1.82, 2.24) is 5.43 Å². The van der Waals surface area contributed by atoms with Crippen LogP contribution in [0.15, 0.2) is 70.7 Å². The predicted molar refractivity (Wildman–Crippen MR) is 132 cm³/mol. The van der Waals surface area contributed by atoms with Gasteiger partial charge in [-0.1, -0.05) is 29.8 Å². The average Bonchev–Trinajstić information content (AvgIpc) is 2.80. The largest absolute Gasteiger partial charge is 0.504 e. The Labute approximate surface area is 199 Å². The average molecular weight is 482 g/mol. The van der Waals surface area contributed by atoms with E-state index in [9.17, 15) is 18.3 Å². The Balaban J connectivity index is 1.87. The first-order valence-corrected chi connectivity index (χ1v) is 11.9. The minimum absolute atomic E-state index is 0.0193. The fourth-order valence-electron chi connectivity index (χ4n) is 3.24. The van der Waals surface area contributed by atoms with Crippen LogP contribution in [0.5, 0.6) is 11.5 Å². The summed E-state index contributed by atoms with van der Waals surface area (Å²) in [6.45, 7) is 5.06. The van der Waals surface area contributed by atoms with Crippen LogP contribution in [0.25, 0.3) is 0 Å². The molecule has 0 saturated carbocycles. The zero-order valence-corrected chi connectivity index (χ0v) is 20.3. The molecular formula is C25H27N3O5S. The van der Waals surface area contributed by atoms with Crippen LogP contribution in [0.3, 0.4) is 0 Å². The van der Waals surface area contributed by atoms with Crippen molar-refractivity contribution < 1.29 is 23.1 Å². The standard InChI is InChI=1S/C25H27N3O5S/c1-17-6-10-21(11-7-17)34(31,32)28(22-13-18(2)5-8-19(22)3)16-25(30)27-26-15-20-9-12-23(29)24(14-20)33-4/h5-15,29H,16H2,1-4H3,(H,27,30)/b26-15-. The number of carbonyl (C=O) groups is 1. The summed E-state index contributed by atoms with van der Waals surface area (Å²) < 4.78 is 33.2. The SMILES string of the molecule is COc1cc(/C=N\NC(=O)CN(c2cc(C)ccc2C)S(=O)(=O)c2ccc(C)cc2)ccc1O. The molecule has 0 unspecified atom stereocenters. The van der Waals surface area contributed by atoms with E-state index in [1.165, 1.54) is 31.5 Å². The van der Waals surface area contributed by atoms with Gasteiger partial charge >= 0.3 is 0 Å². The summed E-state index contributed by atoms with van der Waals surface area (Å²) in [5.74, 6) is -0.367. The first kappa shape index (κ1) is 24.8. The third kappa shape index (κ3) is 5.74. The maximum atomic E-state index is 13.5. The quantitative estimate of drug-likeness (QED) is 0.377. The van der Waals surface area contributed by atoms with Crippen LogP contribution >= 0.6 is 0 Å². The molecule has 0 aliphatic heterocycles. The number of rotatable bonds is 8. The number of carbonyl (C=O) groups excluding carboxylic acids is 1. The van der Waals surface area contributed by atoms with Crippen molar-refractivity contribution in [2.24, 2.45) is 5.10 Å². The molecule has 0 atom stereocenters. The summed E-state index contributed by atoms with van der Waals surface area (Å²) in [6, 6.07) is 16.5. The zero-order chi connectivity index (χ0) is 24.9. The molecule has 0 aliphatic carbocycles. The summed E-state index contributed by atoms with van der Waals surface area (Å²) in [6.07, 6.45) is 1.37. The predicted octanol–water partition coefficient (Wildman–Crippen LogP) is 3.67. The number of hydrogen-bond acceptors (Lipinski definition) is 6. The second-order valence-corrected chi connectivity index (χ2v) is 9.70. The van der Waals surface area contributed by atoms with Gasteiger partial charge in [0, 0.05) is 0 Å². The number of anilines is 1. The number of hydrazone groups is 1. The van der Waals surface area contributed by atoms with Crippen LogP contribution < -0.4 is 14.5 Å². The summed E-state index contributed by atoms with van der Waals surface area (Å²) >= 11 is 0. The Kier molecular flexibility index (Phi) is 7.57. The molecule has 0 spiro atoms. The number of hydrogen-bond donors (Lipinski definition) is 2. The highest BCUT2D eigenvalue weighted by Crippen LogP contribution is 2.28. The fraction of sp³-hybridized carbons (Fsp3) is 0.200. The van der Waals surface area contributed by atoms with E-state index in [1.54, 1.807) is 37.3 Å². The maximum absolute atomic E-state index is 13.5. The van der Waals surface area contributed by atoms with Gasteiger partial charge < -0.3 is 9.84 Å². The Bertz CT molecular complexity index is 1320. The highest BCUT2D eigenvalue weighted by molar-refractivity contribution is 7.92. The molecule has 3 aromatic carbocycles. The summed E-state index contributed by atoms with van der Waals surface area (Å²) in [4.78, 5) is 12.8. The van der Waals surface area contributed by atoms with Gasteiger partial charge in [0.1, 0.15) is 6.54 Å². The molecule has 8 nitrogen and oxygen atoms in total. The molecule has 2 N–H and O–H groups in total. The van der Waals surface area contributed by atoms with E-state index < -0.39 is 22.5 Å². The van der Waals surface area contributed by atoms with Crippen LogP contribution in [0.4, 0.5) is 5.69 Å². The lowest BCUT2D eigenvalue weighted by Gasteiger charge is -2.25. The normalized spacial score (nSPS) is 11.4. The second kappa shape index (κ2) is 10.4. The van der Waals surface area contributed by atoms with Crippen molar-refractivity contribution in [3.63, 3.8) is 0 Å². The molecule has 34 heavy (non-hydrogen) atoms. The first-order valence-electron chi connectivity index (χ1n) is 10.5. The third-order valence-corrected chi connectivity index (χ3v) is 6.91. The molecule has 0 radical (unpaired) electrons. The number of amides is 1. The molecule has 0 heterocycles. The van der Waals surface area contributed by atoms with E-state index in [0.29, 0.717) is 16.8 Å². The number of phenols is 1. The number of methoxy groups -OCH3 is 1. The number of aryl methyl sites for hydroxylation is 3.